The van der Waals surface area contributed by atoms with Crippen LogP contribution in [0.2, 0.25) is 0 Å². The molecule has 0 amide bonds. The first-order valence-electron chi connectivity index (χ1n) is 7.24. The molecule has 0 aliphatic carbocycles. The quantitative estimate of drug-likeness (QED) is 0.708. The Morgan fingerprint density at radius 2 is 1.60 bits per heavy atom. The molecule has 3 rings (SSSR count). The summed E-state index contributed by atoms with van der Waals surface area (Å²) in [6.45, 7) is 0.465. The second kappa shape index (κ2) is 8.02. The van der Waals surface area contributed by atoms with Gasteiger partial charge >= 0.3 is 145 Å². The summed E-state index contributed by atoms with van der Waals surface area (Å²) in [5, 5.41) is 19.1. The van der Waals surface area contributed by atoms with Crippen LogP contribution >= 0.6 is 15.8 Å². The van der Waals surface area contributed by atoms with Crippen molar-refractivity contribution >= 4 is 32.6 Å². The third-order valence-electron chi connectivity index (χ3n) is 3.48. The summed E-state index contributed by atoms with van der Waals surface area (Å²) < 4.78 is 21.2. The van der Waals surface area contributed by atoms with Crippen molar-refractivity contribution in [2.24, 2.45) is 0 Å². The van der Waals surface area contributed by atoms with E-state index in [2.05, 4.69) is 21.5 Å². The number of aromatic hydroxyl groups is 1. The van der Waals surface area contributed by atoms with Crippen LogP contribution in [0.5, 0.6) is 5.75 Å². The molecule has 0 unspecified atom stereocenters. The monoisotopic (exact) mass is 370 g/mol. The van der Waals surface area contributed by atoms with Gasteiger partial charge in [-0.1, -0.05) is 0 Å². The van der Waals surface area contributed by atoms with E-state index >= 15 is 0 Å². The molecular formula is C16H12N4O3P2. The molecule has 2 aromatic carbocycles. The van der Waals surface area contributed by atoms with Crippen LogP contribution in [0.1, 0.15) is 0 Å². The Labute approximate surface area is 145 Å². The van der Waals surface area contributed by atoms with Crippen molar-refractivity contribution in [3.63, 3.8) is 0 Å². The van der Waals surface area contributed by atoms with Gasteiger partial charge in [0, 0.05) is 0 Å². The number of rotatable bonds is 4. The fourth-order valence-corrected chi connectivity index (χ4v) is 2.77. The van der Waals surface area contributed by atoms with Crippen LogP contribution in [0.15, 0.2) is 42.5 Å². The molecular weight excluding hydrogens is 358 g/mol. The molecule has 25 heavy (non-hydrogen) atoms. The van der Waals surface area contributed by atoms with Crippen LogP contribution in [0.3, 0.4) is 0 Å². The number of anilines is 1. The van der Waals surface area contributed by atoms with Crippen molar-refractivity contribution in [2.75, 3.05) is 18.0 Å². The zero-order valence-electron chi connectivity index (χ0n) is 12.9. The van der Waals surface area contributed by atoms with E-state index in [4.69, 9.17) is 0 Å². The molecule has 0 fully saturated rings. The molecule has 0 atom stereocenters. The molecule has 0 radical (unpaired) electrons. The fourth-order valence-electron chi connectivity index (χ4n) is 2.31. The Kier molecular flexibility index (Phi) is 5.55. The van der Waals surface area contributed by atoms with Crippen molar-refractivity contribution in [2.45, 2.75) is 0 Å². The van der Waals surface area contributed by atoms with Gasteiger partial charge in [0.1, 0.15) is 0 Å². The summed E-state index contributed by atoms with van der Waals surface area (Å²) in [5.74, 6) is -0.0119. The van der Waals surface area contributed by atoms with Gasteiger partial charge in [0.2, 0.25) is 0 Å². The van der Waals surface area contributed by atoms with E-state index in [0.29, 0.717) is 11.4 Å². The van der Waals surface area contributed by atoms with Gasteiger partial charge in [-0.2, -0.15) is 0 Å². The minimum atomic E-state index is -0.221. The number of aromatic nitrogens is 3. The van der Waals surface area contributed by atoms with E-state index in [1.807, 2.05) is 24.3 Å². The first kappa shape index (κ1) is 17.3. The summed E-state index contributed by atoms with van der Waals surface area (Å²) in [6, 6.07) is 12.4. The minimum absolute atomic E-state index is 0.0119. The summed E-state index contributed by atoms with van der Waals surface area (Å²) >= 11 is 0. The predicted octanol–water partition coefficient (Wildman–Crippen LogP) is 3.43. The van der Waals surface area contributed by atoms with Crippen molar-refractivity contribution in [3.8, 4) is 22.7 Å². The summed E-state index contributed by atoms with van der Waals surface area (Å²) in [4.78, 5) is 3.09. The molecule has 7 nitrogen and oxygen atoms in total. The van der Waals surface area contributed by atoms with Crippen molar-refractivity contribution < 1.29 is 14.2 Å². The molecule has 124 valence electrons. The number of benzene rings is 2. The van der Waals surface area contributed by atoms with Crippen LogP contribution in [-0.4, -0.2) is 33.2 Å². The number of hydrogen-bond donors (Lipinski definition) is 1. The molecule has 0 bridgehead atoms. The van der Waals surface area contributed by atoms with Gasteiger partial charge in [-0.3, -0.25) is 0 Å². The molecule has 0 saturated heterocycles. The fraction of sp³-hybridized carbons (Fsp3) is 0.125. The Bertz CT molecular complexity index is 1070. The van der Waals surface area contributed by atoms with E-state index in [9.17, 15) is 14.2 Å². The molecule has 0 aliphatic rings. The van der Waals surface area contributed by atoms with Crippen LogP contribution < -0.4 is 4.90 Å². The molecule has 3 aromatic rings. The molecule has 9 heteroatoms. The molecule has 1 aromatic heterocycles. The maximum absolute atomic E-state index is 10.6. The van der Waals surface area contributed by atoms with Gasteiger partial charge in [-0.15, -0.1) is 0 Å². The third-order valence-corrected chi connectivity index (χ3v) is 4.02. The first-order chi connectivity index (χ1) is 12.2. The molecule has 0 saturated carbocycles. The van der Waals surface area contributed by atoms with Crippen molar-refractivity contribution in [1.29, 1.82) is 0 Å². The van der Waals surface area contributed by atoms with Crippen molar-refractivity contribution in [1.82, 2.24) is 15.0 Å². The van der Waals surface area contributed by atoms with Gasteiger partial charge in [0.25, 0.3) is 0 Å². The molecule has 1 heterocycles. The molecule has 0 spiro atoms. The number of hydrogen-bond acceptors (Lipinski definition) is 6. The van der Waals surface area contributed by atoms with E-state index in [-0.39, 0.29) is 34.7 Å². The van der Waals surface area contributed by atoms with Gasteiger partial charge in [-0.05, 0) is 0 Å². The van der Waals surface area contributed by atoms with Gasteiger partial charge in [-0.25, -0.2) is 0 Å². The number of fused-ring (bicyclic) bond motifs is 1. The van der Waals surface area contributed by atoms with Gasteiger partial charge in [0.15, 0.2) is 0 Å². The zero-order chi connectivity index (χ0) is 17.6. The summed E-state index contributed by atoms with van der Waals surface area (Å²) in [7, 11) is -0.441. The Morgan fingerprint density at radius 3 is 2.12 bits per heavy atom. The number of phenols is 1. The first-order valence-corrected chi connectivity index (χ1v) is 8.86. The zero-order valence-corrected chi connectivity index (χ0v) is 14.7. The van der Waals surface area contributed by atoms with Crippen LogP contribution in [0, 0.1) is 11.3 Å². The SMILES string of the molecule is O=P#CCN(CC#P=O)c1ccc(-n2nc3ccccc3n2)c(O)c1. The van der Waals surface area contributed by atoms with E-state index in [1.54, 1.807) is 17.0 Å². The average Bonchev–Trinajstić information content (AvgIpc) is 3.05. The van der Waals surface area contributed by atoms with E-state index in [0.717, 1.165) is 11.0 Å². The van der Waals surface area contributed by atoms with Gasteiger partial charge in [0.05, 0.1) is 0 Å². The Morgan fingerprint density at radius 1 is 1.00 bits per heavy atom. The number of phenolic OH excluding ortho intramolecular Hbond substituents is 1. The van der Waals surface area contributed by atoms with Crippen LogP contribution in [0.4, 0.5) is 5.69 Å². The van der Waals surface area contributed by atoms with Crippen LogP contribution in [-0.2, 0) is 9.13 Å². The third kappa shape index (κ3) is 3.93. The summed E-state index contributed by atoms with van der Waals surface area (Å²) in [5.41, 5.74) is 7.78. The maximum atomic E-state index is 10.6. The Hall–Kier alpha value is -2.54. The van der Waals surface area contributed by atoms with E-state index in [1.165, 1.54) is 10.9 Å². The average molecular weight is 370 g/mol. The topological polar surface area (TPSA) is 88.3 Å². The Balaban J connectivity index is 1.97. The van der Waals surface area contributed by atoms with Gasteiger partial charge < -0.3 is 0 Å². The standard InChI is InChI=1S/C16H12N4O3P2/c21-16-11-12(19(7-9-24-22)8-10-25-23)5-6-15(16)20-17-13-3-1-2-4-14(13)18-20/h1-6,11,21H,7-8H2. The molecule has 0 aliphatic heterocycles. The predicted molar refractivity (Wildman–Crippen MR) is 95.7 cm³/mol. The van der Waals surface area contributed by atoms with Crippen LogP contribution in [0.25, 0.3) is 16.7 Å². The second-order valence-electron chi connectivity index (χ2n) is 5.01. The normalized spacial score (nSPS) is 10.1. The second-order valence-corrected chi connectivity index (χ2v) is 6.00. The summed E-state index contributed by atoms with van der Waals surface area (Å²) in [6.07, 6.45) is 0. The number of nitrogens with zero attached hydrogens (tertiary/aromatic N) is 4. The molecule has 1 N–H and O–H groups in total. The van der Waals surface area contributed by atoms with E-state index < -0.39 is 0 Å². The van der Waals surface area contributed by atoms with Crippen molar-refractivity contribution in [3.05, 3.63) is 42.5 Å².